The summed E-state index contributed by atoms with van der Waals surface area (Å²) in [5.74, 6) is 0. The van der Waals surface area contributed by atoms with Crippen molar-refractivity contribution in [2.24, 2.45) is 0 Å². The van der Waals surface area contributed by atoms with Crippen molar-refractivity contribution in [1.82, 2.24) is 0 Å². The largest absolute Gasteiger partial charge is 0.455 e. The fourth-order valence-corrected chi connectivity index (χ4v) is 8.90. The van der Waals surface area contributed by atoms with Crippen LogP contribution >= 0.6 is 11.3 Å². The maximum atomic E-state index is 6.59. The average Bonchev–Trinajstić information content (AvgIpc) is 3.90. The lowest BCUT2D eigenvalue weighted by molar-refractivity contribution is 0.669. The van der Waals surface area contributed by atoms with Gasteiger partial charge in [-0.05, 0) is 77.4 Å². The number of para-hydroxylation sites is 4. The van der Waals surface area contributed by atoms with E-state index in [1.807, 2.05) is 35.6 Å². The summed E-state index contributed by atoms with van der Waals surface area (Å²) in [7, 11) is 0. The first-order valence-corrected chi connectivity index (χ1v) is 18.3. The van der Waals surface area contributed by atoms with Crippen LogP contribution in [-0.4, -0.2) is 0 Å². The Hall–Kier alpha value is -6.62. The molecule has 0 saturated carbocycles. The van der Waals surface area contributed by atoms with Crippen LogP contribution in [0.1, 0.15) is 0 Å². The second kappa shape index (κ2) is 11.5. The Morgan fingerprint density at radius 2 is 0.904 bits per heavy atom. The normalized spacial score (nSPS) is 11.8. The highest BCUT2D eigenvalue weighted by Gasteiger charge is 2.20. The Balaban J connectivity index is 1.04. The highest BCUT2D eigenvalue weighted by atomic mass is 32.1. The minimum absolute atomic E-state index is 0.860. The topological polar surface area (TPSA) is 29.5 Å². The maximum absolute atomic E-state index is 6.59. The van der Waals surface area contributed by atoms with E-state index in [0.29, 0.717) is 0 Å². The SMILES string of the molecule is c1ccc2c(c1)oc1c(-c3ccc(N(c4ccc(-c5ccc6sc7ccccc7c6c5)cc4)c4cccc5c4oc4ccccc45)cc3)cccc12. The molecule has 244 valence electrons. The van der Waals surface area contributed by atoms with Crippen LogP contribution in [0.2, 0.25) is 0 Å². The van der Waals surface area contributed by atoms with Crippen LogP contribution in [0.4, 0.5) is 17.1 Å². The minimum Gasteiger partial charge on any atom is -0.455 e. The van der Waals surface area contributed by atoms with Gasteiger partial charge in [0.1, 0.15) is 16.7 Å². The number of thiophene rings is 1. The summed E-state index contributed by atoms with van der Waals surface area (Å²) < 4.78 is 15.6. The van der Waals surface area contributed by atoms with E-state index in [0.717, 1.165) is 72.1 Å². The van der Waals surface area contributed by atoms with Gasteiger partial charge in [-0.15, -0.1) is 11.3 Å². The molecule has 0 fully saturated rings. The van der Waals surface area contributed by atoms with Gasteiger partial charge in [-0.25, -0.2) is 0 Å². The average molecular weight is 684 g/mol. The number of nitrogens with zero attached hydrogens (tertiary/aromatic N) is 1. The fourth-order valence-electron chi connectivity index (χ4n) is 7.81. The van der Waals surface area contributed by atoms with Crippen molar-refractivity contribution in [1.29, 1.82) is 0 Å². The van der Waals surface area contributed by atoms with Gasteiger partial charge in [0.2, 0.25) is 0 Å². The van der Waals surface area contributed by atoms with Crippen LogP contribution in [0, 0.1) is 0 Å². The Bertz CT molecular complexity index is 3130. The number of hydrogen-bond donors (Lipinski definition) is 0. The number of benzene rings is 8. The molecular weight excluding hydrogens is 655 g/mol. The molecule has 0 N–H and O–H groups in total. The number of hydrogen-bond acceptors (Lipinski definition) is 4. The second-order valence-electron chi connectivity index (χ2n) is 13.3. The summed E-state index contributed by atoms with van der Waals surface area (Å²) in [6, 6.07) is 62.5. The molecule has 0 unspecified atom stereocenters. The van der Waals surface area contributed by atoms with Gasteiger partial charge in [0.25, 0.3) is 0 Å². The molecule has 0 radical (unpaired) electrons. The molecule has 0 aliphatic heterocycles. The van der Waals surface area contributed by atoms with Crippen molar-refractivity contribution in [2.45, 2.75) is 0 Å². The molecule has 11 rings (SSSR count). The highest BCUT2D eigenvalue weighted by Crippen LogP contribution is 2.44. The quantitative estimate of drug-likeness (QED) is 0.181. The van der Waals surface area contributed by atoms with E-state index in [4.69, 9.17) is 8.83 Å². The van der Waals surface area contributed by atoms with E-state index in [9.17, 15) is 0 Å². The van der Waals surface area contributed by atoms with Crippen molar-refractivity contribution < 1.29 is 8.83 Å². The van der Waals surface area contributed by atoms with Gasteiger partial charge in [-0.3, -0.25) is 0 Å². The minimum atomic E-state index is 0.860. The van der Waals surface area contributed by atoms with Gasteiger partial charge in [0.15, 0.2) is 5.58 Å². The summed E-state index contributed by atoms with van der Waals surface area (Å²) in [5, 5.41) is 7.08. The van der Waals surface area contributed by atoms with Gasteiger partial charge in [-0.2, -0.15) is 0 Å². The van der Waals surface area contributed by atoms with Crippen LogP contribution in [0.25, 0.3) is 86.3 Å². The molecule has 0 saturated heterocycles. The number of fused-ring (bicyclic) bond motifs is 9. The Labute approximate surface area is 303 Å². The molecule has 8 aromatic carbocycles. The van der Waals surface area contributed by atoms with E-state index in [-0.39, 0.29) is 0 Å². The predicted molar refractivity (Wildman–Crippen MR) is 219 cm³/mol. The first-order chi connectivity index (χ1) is 25.8. The maximum Gasteiger partial charge on any atom is 0.159 e. The van der Waals surface area contributed by atoms with Crippen molar-refractivity contribution in [2.75, 3.05) is 4.90 Å². The van der Waals surface area contributed by atoms with E-state index in [1.165, 1.54) is 31.3 Å². The molecule has 3 aromatic heterocycles. The van der Waals surface area contributed by atoms with Crippen LogP contribution in [0.5, 0.6) is 0 Å². The van der Waals surface area contributed by atoms with E-state index in [1.54, 1.807) is 0 Å². The zero-order chi connectivity index (χ0) is 34.2. The highest BCUT2D eigenvalue weighted by molar-refractivity contribution is 7.25. The first kappa shape index (κ1) is 29.1. The summed E-state index contributed by atoms with van der Waals surface area (Å²) in [4.78, 5) is 2.30. The molecule has 0 aliphatic rings. The summed E-state index contributed by atoms with van der Waals surface area (Å²) in [5.41, 5.74) is 11.2. The van der Waals surface area contributed by atoms with Crippen molar-refractivity contribution in [3.05, 3.63) is 176 Å². The number of anilines is 3. The molecule has 4 heteroatoms. The van der Waals surface area contributed by atoms with E-state index >= 15 is 0 Å². The third kappa shape index (κ3) is 4.51. The van der Waals surface area contributed by atoms with Crippen molar-refractivity contribution in [3.63, 3.8) is 0 Å². The second-order valence-corrected chi connectivity index (χ2v) is 14.4. The smallest absolute Gasteiger partial charge is 0.159 e. The number of rotatable bonds is 5. The lowest BCUT2D eigenvalue weighted by atomic mass is 10.0. The third-order valence-corrected chi connectivity index (χ3v) is 11.5. The van der Waals surface area contributed by atoms with Gasteiger partial charge in [0.05, 0.1) is 5.69 Å². The first-order valence-electron chi connectivity index (χ1n) is 17.5. The lowest BCUT2D eigenvalue weighted by Gasteiger charge is -2.26. The van der Waals surface area contributed by atoms with E-state index < -0.39 is 0 Å². The standard InChI is InChI=1S/C48H29NO2S/c1-4-16-43-36(9-1)39-13-7-12-35(47(39)50-43)31-21-26-34(27-22-31)49(42-15-8-14-40-37-10-2-5-17-44(37)51-48(40)42)33-24-19-30(20-25-33)32-23-28-46-41(29-32)38-11-3-6-18-45(38)52-46/h1-29H. The third-order valence-electron chi connectivity index (χ3n) is 10.3. The molecule has 52 heavy (non-hydrogen) atoms. The van der Waals surface area contributed by atoms with Crippen molar-refractivity contribution in [3.8, 4) is 22.3 Å². The lowest BCUT2D eigenvalue weighted by Crippen LogP contribution is -2.10. The molecule has 0 atom stereocenters. The predicted octanol–water partition coefficient (Wildman–Crippen LogP) is 14.7. The molecule has 0 bridgehead atoms. The van der Waals surface area contributed by atoms with Crippen LogP contribution < -0.4 is 4.90 Å². The zero-order valence-electron chi connectivity index (χ0n) is 27.9. The monoisotopic (exact) mass is 683 g/mol. The summed E-state index contributed by atoms with van der Waals surface area (Å²) in [6.07, 6.45) is 0. The van der Waals surface area contributed by atoms with Crippen LogP contribution in [-0.2, 0) is 0 Å². The Kier molecular flexibility index (Phi) is 6.42. The molecule has 0 amide bonds. The van der Waals surface area contributed by atoms with Gasteiger partial charge in [-0.1, -0.05) is 115 Å². The Morgan fingerprint density at radius 3 is 1.63 bits per heavy atom. The van der Waals surface area contributed by atoms with Gasteiger partial charge < -0.3 is 13.7 Å². The summed E-state index contributed by atoms with van der Waals surface area (Å²) in [6.45, 7) is 0. The van der Waals surface area contributed by atoms with E-state index in [2.05, 4.69) is 157 Å². The molecular formula is C48H29NO2S. The molecule has 11 aromatic rings. The molecule has 3 nitrogen and oxygen atoms in total. The zero-order valence-corrected chi connectivity index (χ0v) is 28.7. The Morgan fingerprint density at radius 1 is 0.365 bits per heavy atom. The number of furan rings is 2. The van der Waals surface area contributed by atoms with Crippen LogP contribution in [0.15, 0.2) is 185 Å². The fraction of sp³-hybridized carbons (Fsp3) is 0. The summed E-state index contributed by atoms with van der Waals surface area (Å²) >= 11 is 1.85. The van der Waals surface area contributed by atoms with Gasteiger partial charge >= 0.3 is 0 Å². The molecule has 3 heterocycles. The van der Waals surface area contributed by atoms with Crippen molar-refractivity contribution >= 4 is 92.4 Å². The molecule has 0 aliphatic carbocycles. The van der Waals surface area contributed by atoms with Crippen LogP contribution in [0.3, 0.4) is 0 Å². The molecule has 0 spiro atoms. The van der Waals surface area contributed by atoms with Gasteiger partial charge in [0, 0.05) is 58.7 Å².